The van der Waals surface area contributed by atoms with Crippen LogP contribution < -0.4 is 5.32 Å². The van der Waals surface area contributed by atoms with Gasteiger partial charge in [0.25, 0.3) is 11.8 Å². The lowest BCUT2D eigenvalue weighted by atomic mass is 10.0. The molecule has 2 amide bonds. The molecule has 29 heavy (non-hydrogen) atoms. The number of hydrogen-bond donors (Lipinski definition) is 2. The predicted molar refractivity (Wildman–Crippen MR) is 107 cm³/mol. The number of aliphatic hydroxyl groups is 1. The number of hydrogen-bond acceptors (Lipinski definition) is 6. The van der Waals surface area contributed by atoms with E-state index in [4.69, 9.17) is 4.74 Å². The SMILES string of the molecule is COC(=O)C1=C(Nc2ccccc2C(=O)N2CCCCC2C)C(=O)N(CCO)C1. The van der Waals surface area contributed by atoms with Gasteiger partial charge in [0.1, 0.15) is 5.70 Å². The van der Waals surface area contributed by atoms with Gasteiger partial charge in [-0.1, -0.05) is 12.1 Å². The highest BCUT2D eigenvalue weighted by atomic mass is 16.5. The van der Waals surface area contributed by atoms with Crippen LogP contribution in [0.25, 0.3) is 0 Å². The first-order valence-electron chi connectivity index (χ1n) is 9.86. The highest BCUT2D eigenvalue weighted by Gasteiger charge is 2.35. The number of β-amino-alcohol motifs (C(OH)–C–C–N with tert-alkyl or cyclic N) is 1. The second-order valence-electron chi connectivity index (χ2n) is 7.31. The number of methoxy groups -OCH3 is 1. The summed E-state index contributed by atoms with van der Waals surface area (Å²) in [7, 11) is 1.25. The molecule has 3 rings (SSSR count). The number of nitrogens with zero attached hydrogens (tertiary/aromatic N) is 2. The molecule has 1 saturated heterocycles. The van der Waals surface area contributed by atoms with Crippen LogP contribution in [-0.4, -0.2) is 72.1 Å². The average molecular weight is 401 g/mol. The first-order chi connectivity index (χ1) is 14.0. The molecule has 2 N–H and O–H groups in total. The van der Waals surface area contributed by atoms with Crippen molar-refractivity contribution in [3.63, 3.8) is 0 Å². The quantitative estimate of drug-likeness (QED) is 0.699. The minimum Gasteiger partial charge on any atom is -0.466 e. The van der Waals surface area contributed by atoms with Gasteiger partial charge in [-0.3, -0.25) is 9.59 Å². The Balaban J connectivity index is 1.92. The van der Waals surface area contributed by atoms with Gasteiger partial charge in [-0.15, -0.1) is 0 Å². The molecule has 0 aliphatic carbocycles. The maximum atomic E-state index is 13.2. The molecule has 1 unspecified atom stereocenters. The monoisotopic (exact) mass is 401 g/mol. The second kappa shape index (κ2) is 9.09. The summed E-state index contributed by atoms with van der Waals surface area (Å²) in [6.07, 6.45) is 3.04. The number of likely N-dealkylation sites (tertiary alicyclic amines) is 1. The number of carbonyl (C=O) groups is 3. The van der Waals surface area contributed by atoms with Crippen LogP contribution in [-0.2, 0) is 14.3 Å². The fourth-order valence-electron chi connectivity index (χ4n) is 3.82. The molecule has 8 nitrogen and oxygen atoms in total. The lowest BCUT2D eigenvalue weighted by Crippen LogP contribution is -2.42. The molecule has 1 aromatic carbocycles. The third-order valence-electron chi connectivity index (χ3n) is 5.43. The van der Waals surface area contributed by atoms with Gasteiger partial charge in [0.05, 0.1) is 37.1 Å². The molecule has 0 saturated carbocycles. The molecule has 0 spiro atoms. The van der Waals surface area contributed by atoms with E-state index >= 15 is 0 Å². The van der Waals surface area contributed by atoms with Crippen molar-refractivity contribution in [1.82, 2.24) is 9.80 Å². The van der Waals surface area contributed by atoms with Crippen molar-refractivity contribution >= 4 is 23.5 Å². The number of benzene rings is 1. The van der Waals surface area contributed by atoms with Crippen LogP contribution in [0.15, 0.2) is 35.5 Å². The van der Waals surface area contributed by atoms with Gasteiger partial charge in [-0.05, 0) is 38.3 Å². The topological polar surface area (TPSA) is 99.2 Å². The summed E-state index contributed by atoms with van der Waals surface area (Å²) in [6, 6.07) is 7.13. The number of aliphatic hydroxyl groups excluding tert-OH is 1. The minimum atomic E-state index is -0.616. The van der Waals surface area contributed by atoms with E-state index in [1.165, 1.54) is 12.0 Å². The standard InChI is InChI=1S/C21H27N3O5/c1-14-7-5-6-10-24(14)19(26)15-8-3-4-9-17(15)22-18-16(21(28)29-2)13-23(11-12-25)20(18)27/h3-4,8-9,14,22,25H,5-7,10-13H2,1-2H3. The molecule has 8 heteroatoms. The first-order valence-corrected chi connectivity index (χ1v) is 9.86. The maximum Gasteiger partial charge on any atom is 0.337 e. The smallest absolute Gasteiger partial charge is 0.337 e. The molecule has 156 valence electrons. The van der Waals surface area contributed by atoms with Crippen molar-refractivity contribution in [3.8, 4) is 0 Å². The molecule has 1 aromatic rings. The first kappa shape index (κ1) is 20.9. The van der Waals surface area contributed by atoms with E-state index in [0.717, 1.165) is 19.3 Å². The Bertz CT molecular complexity index is 835. The van der Waals surface area contributed by atoms with Gasteiger partial charge in [0.2, 0.25) is 0 Å². The van der Waals surface area contributed by atoms with Crippen LogP contribution in [0.5, 0.6) is 0 Å². The Hall–Kier alpha value is -2.87. The lowest BCUT2D eigenvalue weighted by Gasteiger charge is -2.34. The molecule has 2 aliphatic heterocycles. The third kappa shape index (κ3) is 4.27. The molecule has 0 bridgehead atoms. The zero-order valence-electron chi connectivity index (χ0n) is 16.8. The van der Waals surface area contributed by atoms with Crippen molar-refractivity contribution in [2.24, 2.45) is 0 Å². The molecular weight excluding hydrogens is 374 g/mol. The summed E-state index contributed by atoms with van der Waals surface area (Å²) >= 11 is 0. The van der Waals surface area contributed by atoms with Gasteiger partial charge < -0.3 is 25.0 Å². The normalized spacial score (nSPS) is 19.6. The summed E-state index contributed by atoms with van der Waals surface area (Å²) in [6.45, 7) is 2.69. The highest BCUT2D eigenvalue weighted by Crippen LogP contribution is 2.27. The zero-order valence-corrected chi connectivity index (χ0v) is 16.8. The summed E-state index contributed by atoms with van der Waals surface area (Å²) < 4.78 is 4.81. The number of ether oxygens (including phenoxy) is 1. The van der Waals surface area contributed by atoms with Gasteiger partial charge in [0, 0.05) is 19.1 Å². The number of anilines is 1. The van der Waals surface area contributed by atoms with E-state index in [1.807, 2.05) is 11.8 Å². The van der Waals surface area contributed by atoms with Crippen molar-refractivity contribution in [1.29, 1.82) is 0 Å². The Morgan fingerprint density at radius 1 is 1.28 bits per heavy atom. The lowest BCUT2D eigenvalue weighted by molar-refractivity contribution is -0.136. The van der Waals surface area contributed by atoms with Crippen LogP contribution in [0.1, 0.15) is 36.5 Å². The number of carbonyl (C=O) groups excluding carboxylic acids is 3. The largest absolute Gasteiger partial charge is 0.466 e. The third-order valence-corrected chi connectivity index (χ3v) is 5.43. The van der Waals surface area contributed by atoms with Gasteiger partial charge in [-0.2, -0.15) is 0 Å². The number of amides is 2. The van der Waals surface area contributed by atoms with E-state index in [-0.39, 0.29) is 42.9 Å². The van der Waals surface area contributed by atoms with E-state index < -0.39 is 11.9 Å². The second-order valence-corrected chi connectivity index (χ2v) is 7.31. The molecule has 2 heterocycles. The van der Waals surface area contributed by atoms with Gasteiger partial charge in [0.15, 0.2) is 0 Å². The number of nitrogens with one attached hydrogen (secondary N) is 1. The van der Waals surface area contributed by atoms with E-state index in [2.05, 4.69) is 5.32 Å². The summed E-state index contributed by atoms with van der Waals surface area (Å²) in [5.41, 5.74) is 1.18. The van der Waals surface area contributed by atoms with E-state index in [0.29, 0.717) is 17.8 Å². The average Bonchev–Trinajstić information content (AvgIpc) is 3.03. The summed E-state index contributed by atoms with van der Waals surface area (Å²) in [4.78, 5) is 41.3. The van der Waals surface area contributed by atoms with E-state index in [9.17, 15) is 19.5 Å². The Kier molecular flexibility index (Phi) is 6.53. The van der Waals surface area contributed by atoms with Crippen LogP contribution in [0.3, 0.4) is 0 Å². The zero-order chi connectivity index (χ0) is 21.0. The fourth-order valence-corrected chi connectivity index (χ4v) is 3.82. The molecule has 0 radical (unpaired) electrons. The van der Waals surface area contributed by atoms with Crippen molar-refractivity contribution < 1.29 is 24.2 Å². The molecule has 0 aromatic heterocycles. The number of esters is 1. The molecule has 1 atom stereocenters. The van der Waals surface area contributed by atoms with Crippen molar-refractivity contribution in [3.05, 3.63) is 41.1 Å². The van der Waals surface area contributed by atoms with Crippen LogP contribution >= 0.6 is 0 Å². The van der Waals surface area contributed by atoms with Crippen molar-refractivity contribution in [2.45, 2.75) is 32.2 Å². The number of rotatable bonds is 6. The molecule has 2 aliphatic rings. The number of piperidine rings is 1. The number of para-hydroxylation sites is 1. The predicted octanol–water partition coefficient (Wildman–Crippen LogP) is 1.37. The summed E-state index contributed by atoms with van der Waals surface area (Å²) in [5.74, 6) is -1.12. The van der Waals surface area contributed by atoms with Crippen LogP contribution in [0, 0.1) is 0 Å². The van der Waals surface area contributed by atoms with Crippen molar-refractivity contribution in [2.75, 3.05) is 38.7 Å². The van der Waals surface area contributed by atoms with Gasteiger partial charge in [-0.25, -0.2) is 4.79 Å². The molecule has 1 fully saturated rings. The maximum absolute atomic E-state index is 13.2. The van der Waals surface area contributed by atoms with E-state index in [1.54, 1.807) is 24.3 Å². The van der Waals surface area contributed by atoms with Crippen LogP contribution in [0.2, 0.25) is 0 Å². The fraction of sp³-hybridized carbons (Fsp3) is 0.476. The van der Waals surface area contributed by atoms with Gasteiger partial charge >= 0.3 is 5.97 Å². The Morgan fingerprint density at radius 3 is 2.72 bits per heavy atom. The Labute approximate surface area is 170 Å². The Morgan fingerprint density at radius 2 is 2.03 bits per heavy atom. The molecular formula is C21H27N3O5. The summed E-state index contributed by atoms with van der Waals surface area (Å²) in [5, 5.41) is 12.2. The minimum absolute atomic E-state index is 0.0493. The van der Waals surface area contributed by atoms with Crippen LogP contribution in [0.4, 0.5) is 5.69 Å². The highest BCUT2D eigenvalue weighted by molar-refractivity contribution is 6.10.